The molecule has 2 N–H and O–H groups in total. The minimum atomic E-state index is -3.04. The first-order valence-electron chi connectivity index (χ1n) is 8.10. The summed E-state index contributed by atoms with van der Waals surface area (Å²) in [6, 6.07) is 6.95. The molecule has 1 aromatic rings. The fourth-order valence-electron chi connectivity index (χ4n) is 2.83. The molecule has 6 nitrogen and oxygen atoms in total. The number of benzene rings is 1. The van der Waals surface area contributed by atoms with Crippen LogP contribution < -0.4 is 10.6 Å². The van der Waals surface area contributed by atoms with Crippen molar-refractivity contribution < 1.29 is 18.0 Å². The van der Waals surface area contributed by atoms with Crippen molar-refractivity contribution in [2.75, 3.05) is 18.1 Å². The van der Waals surface area contributed by atoms with Crippen molar-refractivity contribution in [3.05, 3.63) is 34.9 Å². The van der Waals surface area contributed by atoms with Crippen LogP contribution in [0.25, 0.3) is 0 Å². The first-order chi connectivity index (χ1) is 11.6. The maximum atomic E-state index is 12.1. The summed E-state index contributed by atoms with van der Waals surface area (Å²) >= 11 is 5.88. The van der Waals surface area contributed by atoms with E-state index in [2.05, 4.69) is 10.6 Å². The van der Waals surface area contributed by atoms with E-state index in [1.807, 2.05) is 26.0 Å². The third-order valence-corrected chi connectivity index (χ3v) is 6.29. The van der Waals surface area contributed by atoms with Crippen molar-refractivity contribution in [1.82, 2.24) is 10.6 Å². The monoisotopic (exact) mass is 386 g/mol. The molecule has 0 aliphatic carbocycles. The predicted molar refractivity (Wildman–Crippen MR) is 97.3 cm³/mol. The van der Waals surface area contributed by atoms with Gasteiger partial charge in [0.15, 0.2) is 9.84 Å². The standard InChI is InChI=1S/C17H23ClN2O4S/c1-17(2,12-3-5-13(18)6-4-12)9-15(21)19-10-16(22)20-14-7-8-25(23,24)11-14/h3-6,14H,7-11H2,1-2H3,(H,19,21)(H,20,22). The highest BCUT2D eigenvalue weighted by Gasteiger charge is 2.29. The van der Waals surface area contributed by atoms with E-state index in [0.717, 1.165) is 5.56 Å². The van der Waals surface area contributed by atoms with Gasteiger partial charge in [-0.1, -0.05) is 37.6 Å². The minimum absolute atomic E-state index is 0.0315. The SMILES string of the molecule is CC(C)(CC(=O)NCC(=O)NC1CCS(=O)(=O)C1)c1ccc(Cl)cc1. The fraction of sp³-hybridized carbons (Fsp3) is 0.529. The van der Waals surface area contributed by atoms with Crippen molar-refractivity contribution in [2.24, 2.45) is 0 Å². The molecule has 0 bridgehead atoms. The van der Waals surface area contributed by atoms with Gasteiger partial charge in [-0.3, -0.25) is 9.59 Å². The topological polar surface area (TPSA) is 92.3 Å². The molecule has 1 heterocycles. The van der Waals surface area contributed by atoms with Gasteiger partial charge in [0.25, 0.3) is 0 Å². The van der Waals surface area contributed by atoms with Gasteiger partial charge in [-0.15, -0.1) is 0 Å². The maximum Gasteiger partial charge on any atom is 0.239 e. The number of amides is 2. The molecule has 1 aliphatic rings. The zero-order chi connectivity index (χ0) is 18.7. The van der Waals surface area contributed by atoms with Crippen molar-refractivity contribution in [1.29, 1.82) is 0 Å². The van der Waals surface area contributed by atoms with Gasteiger partial charge in [0.1, 0.15) is 0 Å². The summed E-state index contributed by atoms with van der Waals surface area (Å²) in [5, 5.41) is 5.86. The van der Waals surface area contributed by atoms with E-state index in [-0.39, 0.29) is 42.3 Å². The molecule has 1 aromatic carbocycles. The molecule has 2 amide bonds. The maximum absolute atomic E-state index is 12.1. The van der Waals surface area contributed by atoms with Crippen LogP contribution in [0, 0.1) is 0 Å². The van der Waals surface area contributed by atoms with Gasteiger partial charge in [-0.25, -0.2) is 8.42 Å². The molecular formula is C17H23ClN2O4S. The molecule has 1 fully saturated rings. The number of sulfone groups is 1. The molecule has 138 valence electrons. The average Bonchev–Trinajstić information content (AvgIpc) is 2.84. The lowest BCUT2D eigenvalue weighted by molar-refractivity contribution is -0.127. The largest absolute Gasteiger partial charge is 0.351 e. The number of nitrogens with one attached hydrogen (secondary N) is 2. The number of hydrogen-bond donors (Lipinski definition) is 2. The quantitative estimate of drug-likeness (QED) is 0.773. The van der Waals surface area contributed by atoms with Gasteiger partial charge >= 0.3 is 0 Å². The summed E-state index contributed by atoms with van der Waals surface area (Å²) in [7, 11) is -3.04. The van der Waals surface area contributed by atoms with Crippen LogP contribution in [0.1, 0.15) is 32.3 Å². The zero-order valence-electron chi connectivity index (χ0n) is 14.3. The Bertz CT molecular complexity index is 744. The lowest BCUT2D eigenvalue weighted by atomic mass is 9.81. The number of carbonyl (C=O) groups excluding carboxylic acids is 2. The van der Waals surface area contributed by atoms with Crippen molar-refractivity contribution in [3.63, 3.8) is 0 Å². The second-order valence-corrected chi connectivity index (χ2v) is 9.68. The highest BCUT2D eigenvalue weighted by Crippen LogP contribution is 2.27. The second kappa shape index (κ2) is 7.74. The smallest absolute Gasteiger partial charge is 0.239 e. The molecule has 8 heteroatoms. The van der Waals surface area contributed by atoms with Crippen LogP contribution in [-0.4, -0.2) is 44.3 Å². The number of hydrogen-bond acceptors (Lipinski definition) is 4. The lowest BCUT2D eigenvalue weighted by Crippen LogP contribution is -2.43. The molecule has 0 saturated carbocycles. The summed E-state index contributed by atoms with van der Waals surface area (Å²) in [6.45, 7) is 3.73. The molecule has 1 atom stereocenters. The van der Waals surface area contributed by atoms with Crippen molar-refractivity contribution >= 4 is 33.3 Å². The van der Waals surface area contributed by atoms with Gasteiger partial charge in [0, 0.05) is 17.5 Å². The van der Waals surface area contributed by atoms with Crippen LogP contribution in [0.4, 0.5) is 0 Å². The van der Waals surface area contributed by atoms with Crippen LogP contribution in [0.5, 0.6) is 0 Å². The minimum Gasteiger partial charge on any atom is -0.351 e. The Morgan fingerprint density at radius 2 is 1.84 bits per heavy atom. The van der Waals surface area contributed by atoms with E-state index < -0.39 is 15.3 Å². The molecule has 0 aromatic heterocycles. The zero-order valence-corrected chi connectivity index (χ0v) is 15.9. The van der Waals surface area contributed by atoms with Gasteiger partial charge < -0.3 is 10.6 Å². The van der Waals surface area contributed by atoms with E-state index in [4.69, 9.17) is 11.6 Å². The van der Waals surface area contributed by atoms with Gasteiger partial charge in [0.05, 0.1) is 18.1 Å². The second-order valence-electron chi connectivity index (χ2n) is 7.01. The third-order valence-electron chi connectivity index (χ3n) is 4.27. The first kappa shape index (κ1) is 19.7. The Labute approximate surface area is 153 Å². The first-order valence-corrected chi connectivity index (χ1v) is 10.3. The fourth-order valence-corrected chi connectivity index (χ4v) is 4.63. The van der Waals surface area contributed by atoms with E-state index in [1.54, 1.807) is 12.1 Å². The summed E-state index contributed by atoms with van der Waals surface area (Å²) in [6.07, 6.45) is 0.644. The highest BCUT2D eigenvalue weighted by molar-refractivity contribution is 7.91. The Morgan fingerprint density at radius 3 is 2.40 bits per heavy atom. The van der Waals surface area contributed by atoms with Crippen LogP contribution >= 0.6 is 11.6 Å². The van der Waals surface area contributed by atoms with Crippen LogP contribution in [0.2, 0.25) is 5.02 Å². The Hall–Kier alpha value is -1.60. The van der Waals surface area contributed by atoms with E-state index >= 15 is 0 Å². The Balaban J connectivity index is 1.79. The Kier molecular flexibility index (Phi) is 6.11. The third kappa shape index (κ3) is 6.01. The molecular weight excluding hydrogens is 364 g/mol. The lowest BCUT2D eigenvalue weighted by Gasteiger charge is -2.24. The molecule has 1 aliphatic heterocycles. The van der Waals surface area contributed by atoms with Gasteiger partial charge in [-0.05, 0) is 29.5 Å². The number of carbonyl (C=O) groups is 2. The van der Waals surface area contributed by atoms with Crippen molar-refractivity contribution in [2.45, 2.75) is 38.1 Å². The normalized spacial score (nSPS) is 19.4. The molecule has 2 rings (SSSR count). The van der Waals surface area contributed by atoms with Gasteiger partial charge in [-0.2, -0.15) is 0 Å². The van der Waals surface area contributed by atoms with E-state index in [1.165, 1.54) is 0 Å². The molecule has 1 saturated heterocycles. The van der Waals surface area contributed by atoms with Crippen LogP contribution in [0.15, 0.2) is 24.3 Å². The van der Waals surface area contributed by atoms with E-state index in [9.17, 15) is 18.0 Å². The summed E-state index contributed by atoms with van der Waals surface area (Å²) in [5.74, 6) is -0.551. The summed E-state index contributed by atoms with van der Waals surface area (Å²) < 4.78 is 22.7. The van der Waals surface area contributed by atoms with E-state index in [0.29, 0.717) is 11.4 Å². The molecule has 0 spiro atoms. The predicted octanol–water partition coefficient (Wildman–Crippen LogP) is 1.43. The average molecular weight is 387 g/mol. The molecule has 1 unspecified atom stereocenters. The number of halogens is 1. The van der Waals surface area contributed by atoms with Crippen molar-refractivity contribution in [3.8, 4) is 0 Å². The Morgan fingerprint density at radius 1 is 1.20 bits per heavy atom. The molecule has 0 radical (unpaired) electrons. The van der Waals surface area contributed by atoms with Gasteiger partial charge in [0.2, 0.25) is 11.8 Å². The highest BCUT2D eigenvalue weighted by atomic mass is 35.5. The summed E-state index contributed by atoms with van der Waals surface area (Å²) in [4.78, 5) is 24.0. The summed E-state index contributed by atoms with van der Waals surface area (Å²) in [5.41, 5.74) is 0.581. The van der Waals surface area contributed by atoms with Crippen LogP contribution in [-0.2, 0) is 24.8 Å². The number of rotatable bonds is 6. The van der Waals surface area contributed by atoms with Crippen LogP contribution in [0.3, 0.4) is 0 Å². The molecule has 25 heavy (non-hydrogen) atoms.